The molecule has 0 radical (unpaired) electrons. The Morgan fingerprint density at radius 1 is 1.10 bits per heavy atom. The molecule has 0 saturated carbocycles. The molecule has 2 aromatic carbocycles. The predicted octanol–water partition coefficient (Wildman–Crippen LogP) is 4.56. The zero-order chi connectivity index (χ0) is 21.3. The number of para-hydroxylation sites is 1. The highest BCUT2D eigenvalue weighted by molar-refractivity contribution is 8.02. The summed E-state index contributed by atoms with van der Waals surface area (Å²) in [6.07, 6.45) is 2.13. The number of fused-ring (bicyclic) bond motifs is 1. The molecule has 2 amide bonds. The number of allylic oxidation sites excluding steroid dienone is 1. The average Bonchev–Trinajstić information content (AvgIpc) is 3.18. The van der Waals surface area contributed by atoms with Crippen molar-refractivity contribution in [3.8, 4) is 5.75 Å². The van der Waals surface area contributed by atoms with E-state index in [4.69, 9.17) is 4.74 Å². The summed E-state index contributed by atoms with van der Waals surface area (Å²) in [6, 6.07) is 13.5. The molecule has 0 bridgehead atoms. The van der Waals surface area contributed by atoms with E-state index in [1.165, 1.54) is 11.8 Å². The van der Waals surface area contributed by atoms with Crippen molar-refractivity contribution >= 4 is 40.5 Å². The summed E-state index contributed by atoms with van der Waals surface area (Å²) in [5.41, 5.74) is 4.09. The van der Waals surface area contributed by atoms with Crippen LogP contribution in [0.5, 0.6) is 5.75 Å². The molecule has 3 aliphatic rings. The maximum absolute atomic E-state index is 14.2. The van der Waals surface area contributed by atoms with Gasteiger partial charge in [-0.2, -0.15) is 0 Å². The van der Waals surface area contributed by atoms with Crippen molar-refractivity contribution in [1.29, 1.82) is 0 Å². The molecule has 0 N–H and O–H groups in total. The summed E-state index contributed by atoms with van der Waals surface area (Å²) < 4.78 is 5.87. The Morgan fingerprint density at radius 3 is 2.53 bits per heavy atom. The predicted molar refractivity (Wildman–Crippen MR) is 121 cm³/mol. The van der Waals surface area contributed by atoms with Gasteiger partial charge in [0, 0.05) is 16.8 Å². The van der Waals surface area contributed by atoms with Gasteiger partial charge in [0.2, 0.25) is 10.8 Å². The number of benzene rings is 2. The first-order chi connectivity index (χ1) is 14.3. The molecule has 0 aliphatic carbocycles. The molecular formula is C24H24N2O3S. The normalized spacial score (nSPS) is 23.8. The molecule has 3 heterocycles. The number of hydrogen-bond acceptors (Lipinski definition) is 4. The van der Waals surface area contributed by atoms with Gasteiger partial charge in [-0.05, 0) is 57.5 Å². The van der Waals surface area contributed by atoms with E-state index < -0.39 is 10.4 Å². The topological polar surface area (TPSA) is 49.9 Å². The molecule has 6 heteroatoms. The highest BCUT2D eigenvalue weighted by Crippen LogP contribution is 2.60. The lowest BCUT2D eigenvalue weighted by molar-refractivity contribution is -0.124. The van der Waals surface area contributed by atoms with Gasteiger partial charge in [-0.25, -0.2) is 0 Å². The van der Waals surface area contributed by atoms with E-state index in [1.54, 1.807) is 4.90 Å². The van der Waals surface area contributed by atoms with Crippen LogP contribution in [0.1, 0.15) is 38.8 Å². The van der Waals surface area contributed by atoms with Crippen molar-refractivity contribution in [3.05, 3.63) is 59.7 Å². The molecule has 5 nitrogen and oxygen atoms in total. The van der Waals surface area contributed by atoms with E-state index >= 15 is 0 Å². The van der Waals surface area contributed by atoms with Crippen molar-refractivity contribution in [2.75, 3.05) is 22.2 Å². The first-order valence-electron chi connectivity index (χ1n) is 10.2. The largest absolute Gasteiger partial charge is 0.494 e. The third-order valence-electron chi connectivity index (χ3n) is 6.03. The lowest BCUT2D eigenvalue weighted by Crippen LogP contribution is -2.54. The van der Waals surface area contributed by atoms with Gasteiger partial charge in [0.15, 0.2) is 0 Å². The minimum Gasteiger partial charge on any atom is -0.494 e. The molecule has 5 rings (SSSR count). The number of carbonyl (C=O) groups excluding carboxylic acids is 2. The first kappa shape index (κ1) is 19.2. The van der Waals surface area contributed by atoms with Gasteiger partial charge in [-0.15, -0.1) is 11.8 Å². The zero-order valence-corrected chi connectivity index (χ0v) is 18.4. The van der Waals surface area contributed by atoms with Crippen LogP contribution in [0.15, 0.2) is 48.5 Å². The van der Waals surface area contributed by atoms with Crippen molar-refractivity contribution in [1.82, 2.24) is 0 Å². The number of carbonyl (C=O) groups is 2. The summed E-state index contributed by atoms with van der Waals surface area (Å²) in [6.45, 7) is 8.64. The van der Waals surface area contributed by atoms with Crippen LogP contribution in [-0.4, -0.2) is 29.7 Å². The molecule has 2 aromatic rings. The monoisotopic (exact) mass is 420 g/mol. The second kappa shape index (κ2) is 6.38. The Kier molecular flexibility index (Phi) is 4.09. The van der Waals surface area contributed by atoms with Crippen molar-refractivity contribution in [2.24, 2.45) is 0 Å². The Labute approximate surface area is 180 Å². The Bertz CT molecular complexity index is 1110. The van der Waals surface area contributed by atoms with E-state index in [2.05, 4.69) is 13.0 Å². The molecule has 1 atom stereocenters. The summed E-state index contributed by atoms with van der Waals surface area (Å²) in [5, 5.41) is 0. The second-order valence-corrected chi connectivity index (χ2v) is 9.59. The molecule has 1 spiro atoms. The molecular weight excluding hydrogens is 396 g/mol. The summed E-state index contributed by atoms with van der Waals surface area (Å²) in [5.74, 6) is 0.855. The van der Waals surface area contributed by atoms with E-state index in [0.717, 1.165) is 33.8 Å². The van der Waals surface area contributed by atoms with Crippen molar-refractivity contribution in [2.45, 2.75) is 38.1 Å². The number of anilines is 2. The van der Waals surface area contributed by atoms with Crippen LogP contribution in [0, 0.1) is 0 Å². The Hall–Kier alpha value is -2.73. The molecule has 1 fully saturated rings. The first-order valence-corrected chi connectivity index (χ1v) is 11.2. The van der Waals surface area contributed by atoms with Crippen molar-refractivity contribution in [3.63, 3.8) is 0 Å². The lowest BCUT2D eigenvalue weighted by Gasteiger charge is -2.40. The minimum absolute atomic E-state index is 0.0579. The van der Waals surface area contributed by atoms with Crippen LogP contribution in [0.4, 0.5) is 11.4 Å². The number of hydrogen-bond donors (Lipinski definition) is 0. The van der Waals surface area contributed by atoms with E-state index in [0.29, 0.717) is 6.61 Å². The fourth-order valence-electron chi connectivity index (χ4n) is 4.98. The third-order valence-corrected chi connectivity index (χ3v) is 7.42. The van der Waals surface area contributed by atoms with Gasteiger partial charge in [-0.3, -0.25) is 19.4 Å². The number of ether oxygens (including phenoxy) is 1. The summed E-state index contributed by atoms with van der Waals surface area (Å²) in [7, 11) is 0. The smallest absolute Gasteiger partial charge is 0.269 e. The highest BCUT2D eigenvalue weighted by atomic mass is 32.2. The maximum Gasteiger partial charge on any atom is 0.269 e. The van der Waals surface area contributed by atoms with Gasteiger partial charge in [0.1, 0.15) is 5.75 Å². The van der Waals surface area contributed by atoms with Crippen LogP contribution in [0.3, 0.4) is 0 Å². The summed E-state index contributed by atoms with van der Waals surface area (Å²) >= 11 is 1.40. The number of nitrogens with zero attached hydrogens (tertiary/aromatic N) is 2. The molecule has 1 saturated heterocycles. The molecule has 154 valence electrons. The van der Waals surface area contributed by atoms with Crippen LogP contribution in [-0.2, 0) is 14.5 Å². The fraction of sp³-hybridized carbons (Fsp3) is 0.333. The van der Waals surface area contributed by atoms with Gasteiger partial charge < -0.3 is 4.74 Å². The Morgan fingerprint density at radius 2 is 1.83 bits per heavy atom. The number of amides is 2. The Balaban J connectivity index is 1.83. The molecule has 3 aliphatic heterocycles. The summed E-state index contributed by atoms with van der Waals surface area (Å²) in [4.78, 5) is 29.7. The van der Waals surface area contributed by atoms with Gasteiger partial charge in [0.25, 0.3) is 5.91 Å². The van der Waals surface area contributed by atoms with Crippen molar-refractivity contribution < 1.29 is 14.3 Å². The fourth-order valence-corrected chi connectivity index (χ4v) is 6.30. The van der Waals surface area contributed by atoms with Crippen LogP contribution >= 0.6 is 11.8 Å². The quantitative estimate of drug-likeness (QED) is 0.730. The van der Waals surface area contributed by atoms with Gasteiger partial charge >= 0.3 is 0 Å². The van der Waals surface area contributed by atoms with E-state index in [1.807, 2.05) is 68.1 Å². The zero-order valence-electron chi connectivity index (χ0n) is 17.6. The lowest BCUT2D eigenvalue weighted by atomic mass is 9.89. The van der Waals surface area contributed by atoms with Crippen LogP contribution in [0.2, 0.25) is 0 Å². The van der Waals surface area contributed by atoms with Gasteiger partial charge in [-0.1, -0.05) is 24.3 Å². The second-order valence-electron chi connectivity index (χ2n) is 8.42. The number of thioether (sulfide) groups is 1. The van der Waals surface area contributed by atoms with Crippen LogP contribution in [0.25, 0.3) is 5.57 Å². The van der Waals surface area contributed by atoms with E-state index in [-0.39, 0.29) is 17.6 Å². The van der Waals surface area contributed by atoms with E-state index in [9.17, 15) is 9.59 Å². The van der Waals surface area contributed by atoms with Crippen LogP contribution < -0.4 is 14.5 Å². The maximum atomic E-state index is 14.2. The molecule has 0 aromatic heterocycles. The standard InChI is InChI=1S/C24H24N2O3S/c1-5-29-17-11-18-15(2)13-23(3,4)26-21(18)19(12-17)24(22(26)28)25(20(27)14-30-24)16-9-7-6-8-10-16/h6-13H,5,14H2,1-4H3/t24-/m1/s1. The molecule has 0 unspecified atom stereocenters. The SMILES string of the molecule is CCOc1cc2c3c(c1)[C@@]1(SCC(=O)N1c1ccccc1)C(=O)N3C(C)(C)C=C2C. The molecule has 30 heavy (non-hydrogen) atoms. The highest BCUT2D eigenvalue weighted by Gasteiger charge is 2.64. The van der Waals surface area contributed by atoms with Gasteiger partial charge in [0.05, 0.1) is 23.6 Å². The third kappa shape index (κ3) is 2.37. The average molecular weight is 421 g/mol. The number of rotatable bonds is 3. The minimum atomic E-state index is -1.12.